The Balaban J connectivity index is 1.60. The summed E-state index contributed by atoms with van der Waals surface area (Å²) in [6.45, 7) is 3.67. The second kappa shape index (κ2) is 9.14. The van der Waals surface area contributed by atoms with Crippen molar-refractivity contribution in [1.29, 1.82) is 5.26 Å². The van der Waals surface area contributed by atoms with E-state index < -0.39 is 5.79 Å². The largest absolute Gasteiger partial charge is 0.347 e. The molecule has 0 bridgehead atoms. The Hall–Kier alpha value is -3.45. The number of aliphatic imine (C=N–C) groups is 1. The summed E-state index contributed by atoms with van der Waals surface area (Å²) in [5.74, 6) is 6.35. The van der Waals surface area contributed by atoms with Crippen molar-refractivity contribution in [3.63, 3.8) is 0 Å². The molecule has 2 fully saturated rings. The van der Waals surface area contributed by atoms with E-state index in [4.69, 9.17) is 19.7 Å². The Labute approximate surface area is 182 Å². The third kappa shape index (κ3) is 4.83. The van der Waals surface area contributed by atoms with E-state index in [2.05, 4.69) is 17.9 Å². The van der Waals surface area contributed by atoms with Crippen molar-refractivity contribution >= 4 is 17.9 Å². The summed E-state index contributed by atoms with van der Waals surface area (Å²) in [5.41, 5.74) is 3.97. The Kier molecular flexibility index (Phi) is 6.13. The molecule has 1 spiro atoms. The van der Waals surface area contributed by atoms with Crippen LogP contribution in [0.2, 0.25) is 0 Å². The standard InChI is InChI=1S/C25H23N3O3/c1-19-5-6-21(8-7-20-3-2-4-22(15-20)17-26)16-23(19)27-24-9-10-25(30-13-14-31-25)11-12-28(24)18-29/h2-6,15-16,18H,9-14H2,1H3. The highest BCUT2D eigenvalue weighted by Crippen LogP contribution is 2.32. The van der Waals surface area contributed by atoms with Gasteiger partial charge in [-0.2, -0.15) is 5.26 Å². The summed E-state index contributed by atoms with van der Waals surface area (Å²) >= 11 is 0. The number of rotatable bonds is 2. The minimum Gasteiger partial charge on any atom is -0.347 e. The zero-order valence-corrected chi connectivity index (χ0v) is 17.4. The van der Waals surface area contributed by atoms with Gasteiger partial charge in [0.05, 0.1) is 30.5 Å². The molecule has 0 atom stereocenters. The van der Waals surface area contributed by atoms with Crippen LogP contribution in [0.1, 0.15) is 41.5 Å². The van der Waals surface area contributed by atoms with Crippen molar-refractivity contribution < 1.29 is 14.3 Å². The van der Waals surface area contributed by atoms with Gasteiger partial charge in [-0.15, -0.1) is 0 Å². The first kappa shape index (κ1) is 20.8. The normalized spacial score (nSPS) is 18.8. The molecule has 0 unspecified atom stereocenters. The summed E-state index contributed by atoms with van der Waals surface area (Å²) in [7, 11) is 0. The van der Waals surface area contributed by atoms with Gasteiger partial charge in [0.1, 0.15) is 5.84 Å². The van der Waals surface area contributed by atoms with E-state index in [1.165, 1.54) is 0 Å². The maximum Gasteiger partial charge on any atom is 0.215 e. The summed E-state index contributed by atoms with van der Waals surface area (Å²) in [5, 5.41) is 9.04. The number of hydrogen-bond acceptors (Lipinski definition) is 5. The Morgan fingerprint density at radius 1 is 1.06 bits per heavy atom. The number of amides is 1. The zero-order valence-electron chi connectivity index (χ0n) is 17.4. The van der Waals surface area contributed by atoms with Gasteiger partial charge < -0.3 is 14.4 Å². The monoisotopic (exact) mass is 413 g/mol. The van der Waals surface area contributed by atoms with Gasteiger partial charge in [-0.05, 0) is 42.8 Å². The molecule has 2 aromatic rings. The van der Waals surface area contributed by atoms with Gasteiger partial charge in [0.25, 0.3) is 0 Å². The fourth-order valence-corrected chi connectivity index (χ4v) is 3.77. The molecule has 1 amide bonds. The first-order chi connectivity index (χ1) is 15.1. The highest BCUT2D eigenvalue weighted by molar-refractivity contribution is 5.93. The van der Waals surface area contributed by atoms with Crippen molar-refractivity contribution in [3.05, 3.63) is 64.7 Å². The van der Waals surface area contributed by atoms with Crippen LogP contribution >= 0.6 is 0 Å². The van der Waals surface area contributed by atoms with Crippen LogP contribution in [0.3, 0.4) is 0 Å². The second-order valence-corrected chi connectivity index (χ2v) is 7.63. The summed E-state index contributed by atoms with van der Waals surface area (Å²) < 4.78 is 11.7. The Morgan fingerprint density at radius 2 is 1.81 bits per heavy atom. The lowest BCUT2D eigenvalue weighted by Crippen LogP contribution is -2.32. The van der Waals surface area contributed by atoms with Crippen LogP contribution < -0.4 is 0 Å². The molecular formula is C25H23N3O3. The van der Waals surface area contributed by atoms with E-state index in [-0.39, 0.29) is 0 Å². The molecular weight excluding hydrogens is 390 g/mol. The minimum absolute atomic E-state index is 0.510. The first-order valence-corrected chi connectivity index (χ1v) is 10.3. The topological polar surface area (TPSA) is 74.9 Å². The van der Waals surface area contributed by atoms with Gasteiger partial charge in [-0.1, -0.05) is 24.0 Å². The van der Waals surface area contributed by atoms with E-state index in [9.17, 15) is 4.79 Å². The number of nitriles is 1. The maximum absolute atomic E-state index is 11.7. The average molecular weight is 413 g/mol. The molecule has 6 heteroatoms. The molecule has 2 aliphatic heterocycles. The predicted molar refractivity (Wildman–Crippen MR) is 117 cm³/mol. The number of aryl methyl sites for hydroxylation is 1. The number of nitrogens with zero attached hydrogens (tertiary/aromatic N) is 3. The van der Waals surface area contributed by atoms with Crippen molar-refractivity contribution in [2.24, 2.45) is 4.99 Å². The van der Waals surface area contributed by atoms with E-state index in [1.807, 2.05) is 37.3 Å². The molecule has 2 saturated heterocycles. The van der Waals surface area contributed by atoms with Gasteiger partial charge in [0.2, 0.25) is 6.41 Å². The molecule has 2 heterocycles. The van der Waals surface area contributed by atoms with E-state index in [0.717, 1.165) is 28.8 Å². The number of ether oxygens (including phenoxy) is 2. The quantitative estimate of drug-likeness (QED) is 0.556. The molecule has 0 saturated carbocycles. The van der Waals surface area contributed by atoms with Crippen molar-refractivity contribution in [2.75, 3.05) is 19.8 Å². The maximum atomic E-state index is 11.7. The van der Waals surface area contributed by atoms with Crippen molar-refractivity contribution in [3.8, 4) is 17.9 Å². The summed E-state index contributed by atoms with van der Waals surface area (Å²) in [6.07, 6.45) is 2.73. The Morgan fingerprint density at radius 3 is 2.55 bits per heavy atom. The van der Waals surface area contributed by atoms with E-state index in [0.29, 0.717) is 50.4 Å². The summed E-state index contributed by atoms with van der Waals surface area (Å²) in [6, 6.07) is 15.2. The lowest BCUT2D eigenvalue weighted by molar-refractivity contribution is -0.164. The fourth-order valence-electron chi connectivity index (χ4n) is 3.77. The number of carbonyl (C=O) groups excluding carboxylic acids is 1. The smallest absolute Gasteiger partial charge is 0.215 e. The van der Waals surface area contributed by atoms with E-state index in [1.54, 1.807) is 17.0 Å². The van der Waals surface area contributed by atoms with Gasteiger partial charge in [0, 0.05) is 36.9 Å². The van der Waals surface area contributed by atoms with Crippen LogP contribution in [0.5, 0.6) is 0 Å². The van der Waals surface area contributed by atoms with Gasteiger partial charge in [-0.25, -0.2) is 4.99 Å². The molecule has 31 heavy (non-hydrogen) atoms. The van der Waals surface area contributed by atoms with Crippen molar-refractivity contribution in [2.45, 2.75) is 32.0 Å². The van der Waals surface area contributed by atoms with Gasteiger partial charge in [0.15, 0.2) is 5.79 Å². The van der Waals surface area contributed by atoms with Crippen molar-refractivity contribution in [1.82, 2.24) is 4.90 Å². The van der Waals surface area contributed by atoms with Crippen LogP contribution in [0.4, 0.5) is 5.69 Å². The zero-order chi connectivity index (χ0) is 21.7. The van der Waals surface area contributed by atoms with Crippen LogP contribution in [-0.2, 0) is 14.3 Å². The average Bonchev–Trinajstić information content (AvgIpc) is 3.19. The molecule has 156 valence electrons. The number of hydrogen-bond donors (Lipinski definition) is 0. The molecule has 4 rings (SSSR count). The third-order valence-corrected chi connectivity index (χ3v) is 5.54. The highest BCUT2D eigenvalue weighted by Gasteiger charge is 2.39. The molecule has 0 aromatic heterocycles. The minimum atomic E-state index is -0.598. The third-order valence-electron chi connectivity index (χ3n) is 5.54. The lowest BCUT2D eigenvalue weighted by atomic mass is 10.1. The molecule has 0 N–H and O–H groups in total. The van der Waals surface area contributed by atoms with E-state index >= 15 is 0 Å². The fraction of sp³-hybridized carbons (Fsp3) is 0.320. The van der Waals surface area contributed by atoms with Crippen LogP contribution in [0.15, 0.2) is 47.5 Å². The molecule has 0 radical (unpaired) electrons. The van der Waals surface area contributed by atoms with Gasteiger partial charge in [-0.3, -0.25) is 4.79 Å². The van der Waals surface area contributed by atoms with Crippen LogP contribution in [-0.4, -0.2) is 42.7 Å². The number of amidine groups is 1. The van der Waals surface area contributed by atoms with Crippen LogP contribution in [0.25, 0.3) is 0 Å². The molecule has 2 aromatic carbocycles. The SMILES string of the molecule is Cc1ccc(C#Cc2cccc(C#N)c2)cc1N=C1CCC2(CCN1C=O)OCCO2. The second-order valence-electron chi connectivity index (χ2n) is 7.63. The molecule has 2 aliphatic rings. The lowest BCUT2D eigenvalue weighted by Gasteiger charge is -2.24. The Bertz CT molecular complexity index is 1110. The number of likely N-dealkylation sites (tertiary alicyclic amines) is 1. The number of benzene rings is 2. The summed E-state index contributed by atoms with van der Waals surface area (Å²) in [4.78, 5) is 18.2. The van der Waals surface area contributed by atoms with Gasteiger partial charge >= 0.3 is 0 Å². The van der Waals surface area contributed by atoms with Crippen LogP contribution in [0, 0.1) is 30.1 Å². The number of carbonyl (C=O) groups is 1. The highest BCUT2D eigenvalue weighted by atomic mass is 16.7. The molecule has 6 nitrogen and oxygen atoms in total. The molecule has 0 aliphatic carbocycles. The first-order valence-electron chi connectivity index (χ1n) is 10.3. The predicted octanol–water partition coefficient (Wildman–Crippen LogP) is 3.68.